The zero-order valence-electron chi connectivity index (χ0n) is 9.44. The third kappa shape index (κ3) is 3.34. The summed E-state index contributed by atoms with van der Waals surface area (Å²) in [6, 6.07) is 5.80. The van der Waals surface area contributed by atoms with Gasteiger partial charge in [0.25, 0.3) is 0 Å². The Labute approximate surface area is 113 Å². The standard InChI is InChI=1S/C11H11ClN2OS2/c1-7-13-11(17-14-7)16-6-8-3-4-10(15-2)9(12)5-8/h3-5H,6H2,1-2H3. The van der Waals surface area contributed by atoms with Crippen LogP contribution < -0.4 is 4.74 Å². The van der Waals surface area contributed by atoms with Crippen LogP contribution in [0.4, 0.5) is 0 Å². The van der Waals surface area contributed by atoms with Crippen molar-refractivity contribution in [3.63, 3.8) is 0 Å². The van der Waals surface area contributed by atoms with Crippen molar-refractivity contribution >= 4 is 34.9 Å². The van der Waals surface area contributed by atoms with Crippen molar-refractivity contribution in [2.45, 2.75) is 17.0 Å². The maximum absolute atomic E-state index is 6.06. The highest BCUT2D eigenvalue weighted by Gasteiger charge is 2.04. The zero-order chi connectivity index (χ0) is 12.3. The second-order valence-corrected chi connectivity index (χ2v) is 5.75. The average Bonchev–Trinajstić information content (AvgIpc) is 2.73. The number of aryl methyl sites for hydroxylation is 1. The molecule has 0 aliphatic heterocycles. The van der Waals surface area contributed by atoms with E-state index in [0.717, 1.165) is 21.5 Å². The summed E-state index contributed by atoms with van der Waals surface area (Å²) in [5.41, 5.74) is 1.15. The molecule has 17 heavy (non-hydrogen) atoms. The van der Waals surface area contributed by atoms with Crippen molar-refractivity contribution in [2.75, 3.05) is 7.11 Å². The molecule has 1 aromatic heterocycles. The van der Waals surface area contributed by atoms with Gasteiger partial charge in [0.2, 0.25) is 0 Å². The topological polar surface area (TPSA) is 35.0 Å². The molecule has 3 nitrogen and oxygen atoms in total. The Morgan fingerprint density at radius 1 is 1.47 bits per heavy atom. The first-order valence-electron chi connectivity index (χ1n) is 4.94. The monoisotopic (exact) mass is 286 g/mol. The first-order valence-corrected chi connectivity index (χ1v) is 7.08. The second-order valence-electron chi connectivity index (χ2n) is 3.37. The number of halogens is 1. The van der Waals surface area contributed by atoms with Gasteiger partial charge in [0.15, 0.2) is 4.34 Å². The fourth-order valence-electron chi connectivity index (χ4n) is 1.28. The predicted octanol–water partition coefficient (Wildman–Crippen LogP) is 3.80. The molecule has 0 fully saturated rings. The number of benzene rings is 1. The molecule has 0 saturated heterocycles. The molecule has 0 radical (unpaired) electrons. The van der Waals surface area contributed by atoms with Gasteiger partial charge in [0.05, 0.1) is 12.1 Å². The molecular weight excluding hydrogens is 276 g/mol. The Kier molecular flexibility index (Phi) is 4.25. The van der Waals surface area contributed by atoms with Gasteiger partial charge in [-0.2, -0.15) is 4.37 Å². The van der Waals surface area contributed by atoms with Crippen LogP contribution >= 0.6 is 34.9 Å². The third-order valence-corrected chi connectivity index (χ3v) is 4.38. The number of hydrogen-bond donors (Lipinski definition) is 0. The number of ether oxygens (including phenoxy) is 1. The number of methoxy groups -OCH3 is 1. The van der Waals surface area contributed by atoms with E-state index in [1.54, 1.807) is 18.9 Å². The van der Waals surface area contributed by atoms with Crippen molar-refractivity contribution in [2.24, 2.45) is 0 Å². The van der Waals surface area contributed by atoms with Crippen LogP contribution in [0.25, 0.3) is 0 Å². The van der Waals surface area contributed by atoms with Gasteiger partial charge in [0, 0.05) is 5.75 Å². The second kappa shape index (κ2) is 5.71. The summed E-state index contributed by atoms with van der Waals surface area (Å²) in [5.74, 6) is 2.36. The van der Waals surface area contributed by atoms with E-state index in [0.29, 0.717) is 10.8 Å². The van der Waals surface area contributed by atoms with Crippen LogP contribution in [0.5, 0.6) is 5.75 Å². The molecule has 1 aromatic carbocycles. The van der Waals surface area contributed by atoms with Gasteiger partial charge in [-0.05, 0) is 36.2 Å². The molecule has 0 aliphatic carbocycles. The van der Waals surface area contributed by atoms with E-state index in [-0.39, 0.29) is 0 Å². The van der Waals surface area contributed by atoms with Gasteiger partial charge >= 0.3 is 0 Å². The summed E-state index contributed by atoms with van der Waals surface area (Å²) in [6.07, 6.45) is 0. The van der Waals surface area contributed by atoms with Gasteiger partial charge in [-0.25, -0.2) is 4.98 Å². The Bertz CT molecular complexity index is 516. The van der Waals surface area contributed by atoms with E-state index < -0.39 is 0 Å². The van der Waals surface area contributed by atoms with E-state index in [1.165, 1.54) is 11.5 Å². The van der Waals surface area contributed by atoms with Crippen LogP contribution in [0.1, 0.15) is 11.4 Å². The lowest BCUT2D eigenvalue weighted by molar-refractivity contribution is 0.415. The smallest absolute Gasteiger partial charge is 0.170 e. The van der Waals surface area contributed by atoms with Gasteiger partial charge in [-0.15, -0.1) is 0 Å². The molecule has 90 valence electrons. The summed E-state index contributed by atoms with van der Waals surface area (Å²) in [4.78, 5) is 4.29. The van der Waals surface area contributed by atoms with Crippen LogP contribution in [0.3, 0.4) is 0 Å². The van der Waals surface area contributed by atoms with Crippen LogP contribution in [0.2, 0.25) is 5.02 Å². The molecule has 2 rings (SSSR count). The quantitative estimate of drug-likeness (QED) is 0.801. The normalized spacial score (nSPS) is 10.5. The molecule has 0 N–H and O–H groups in total. The van der Waals surface area contributed by atoms with Crippen molar-refractivity contribution < 1.29 is 4.74 Å². The van der Waals surface area contributed by atoms with Crippen LogP contribution in [0, 0.1) is 6.92 Å². The molecule has 2 aromatic rings. The van der Waals surface area contributed by atoms with Gasteiger partial charge < -0.3 is 4.74 Å². The number of thioether (sulfide) groups is 1. The summed E-state index contributed by atoms with van der Waals surface area (Å²) < 4.78 is 10.2. The van der Waals surface area contributed by atoms with E-state index in [1.807, 2.05) is 25.1 Å². The zero-order valence-corrected chi connectivity index (χ0v) is 11.8. The van der Waals surface area contributed by atoms with Gasteiger partial charge in [-0.1, -0.05) is 29.4 Å². The maximum atomic E-state index is 6.06. The fourth-order valence-corrected chi connectivity index (χ4v) is 3.15. The Hall–Kier alpha value is -0.780. The van der Waals surface area contributed by atoms with Crippen molar-refractivity contribution in [3.8, 4) is 5.75 Å². The number of nitrogens with zero attached hydrogens (tertiary/aromatic N) is 2. The molecule has 0 saturated carbocycles. The van der Waals surface area contributed by atoms with E-state index in [9.17, 15) is 0 Å². The summed E-state index contributed by atoms with van der Waals surface area (Å²) in [7, 11) is 1.61. The molecule has 0 amide bonds. The Morgan fingerprint density at radius 2 is 2.29 bits per heavy atom. The van der Waals surface area contributed by atoms with Gasteiger partial charge in [-0.3, -0.25) is 0 Å². The largest absolute Gasteiger partial charge is 0.495 e. The van der Waals surface area contributed by atoms with Crippen LogP contribution in [0.15, 0.2) is 22.5 Å². The molecule has 0 unspecified atom stereocenters. The minimum absolute atomic E-state index is 0.638. The predicted molar refractivity (Wildman–Crippen MR) is 72.2 cm³/mol. The van der Waals surface area contributed by atoms with Crippen LogP contribution in [-0.4, -0.2) is 16.5 Å². The molecule has 0 bridgehead atoms. The Morgan fingerprint density at radius 3 is 2.88 bits per heavy atom. The molecule has 0 spiro atoms. The van der Waals surface area contributed by atoms with Crippen LogP contribution in [-0.2, 0) is 5.75 Å². The van der Waals surface area contributed by atoms with E-state index in [2.05, 4.69) is 9.36 Å². The summed E-state index contributed by atoms with van der Waals surface area (Å²) >= 11 is 9.14. The average molecular weight is 287 g/mol. The minimum Gasteiger partial charge on any atom is -0.495 e. The maximum Gasteiger partial charge on any atom is 0.170 e. The first kappa shape index (κ1) is 12.7. The lowest BCUT2D eigenvalue weighted by Crippen LogP contribution is -1.86. The SMILES string of the molecule is COc1ccc(CSc2nc(C)ns2)cc1Cl. The first-order chi connectivity index (χ1) is 8.19. The number of aromatic nitrogens is 2. The molecular formula is C11H11ClN2OS2. The van der Waals surface area contributed by atoms with E-state index in [4.69, 9.17) is 16.3 Å². The molecule has 1 heterocycles. The molecule has 0 atom stereocenters. The van der Waals surface area contributed by atoms with Gasteiger partial charge in [0.1, 0.15) is 11.6 Å². The molecule has 0 aliphatic rings. The highest BCUT2D eigenvalue weighted by Crippen LogP contribution is 2.29. The van der Waals surface area contributed by atoms with Crippen molar-refractivity contribution in [1.29, 1.82) is 0 Å². The van der Waals surface area contributed by atoms with E-state index >= 15 is 0 Å². The highest BCUT2D eigenvalue weighted by molar-refractivity contribution is 8.00. The lowest BCUT2D eigenvalue weighted by Gasteiger charge is -2.04. The molecule has 6 heteroatoms. The summed E-state index contributed by atoms with van der Waals surface area (Å²) in [6.45, 7) is 1.89. The fraction of sp³-hybridized carbons (Fsp3) is 0.273. The number of hydrogen-bond acceptors (Lipinski definition) is 5. The summed E-state index contributed by atoms with van der Waals surface area (Å²) in [5, 5.41) is 0.638. The third-order valence-electron chi connectivity index (χ3n) is 2.09. The number of rotatable bonds is 4. The Balaban J connectivity index is 2.02. The minimum atomic E-state index is 0.638. The highest BCUT2D eigenvalue weighted by atomic mass is 35.5. The van der Waals surface area contributed by atoms with Crippen molar-refractivity contribution in [3.05, 3.63) is 34.6 Å². The van der Waals surface area contributed by atoms with Crippen molar-refractivity contribution in [1.82, 2.24) is 9.36 Å². The lowest BCUT2D eigenvalue weighted by atomic mass is 10.2.